The number of amides is 2. The number of thiophene rings is 1. The van der Waals surface area contributed by atoms with E-state index in [4.69, 9.17) is 0 Å². The summed E-state index contributed by atoms with van der Waals surface area (Å²) in [6, 6.07) is 11.8. The minimum Gasteiger partial charge on any atom is -0.355 e. The Kier molecular flexibility index (Phi) is 8.38. The van der Waals surface area contributed by atoms with Crippen LogP contribution in [0.1, 0.15) is 48.0 Å². The Hall–Kier alpha value is -1.79. The third kappa shape index (κ3) is 7.77. The highest BCUT2D eigenvalue weighted by atomic mass is 32.2. The van der Waals surface area contributed by atoms with Crippen molar-refractivity contribution < 1.29 is 9.59 Å². The van der Waals surface area contributed by atoms with E-state index in [9.17, 15) is 9.59 Å². The Morgan fingerprint density at radius 1 is 1.04 bits per heavy atom. The van der Waals surface area contributed by atoms with Crippen LogP contribution in [-0.2, 0) is 16.0 Å². The highest BCUT2D eigenvalue weighted by Crippen LogP contribution is 2.22. The summed E-state index contributed by atoms with van der Waals surface area (Å²) in [6.45, 7) is 7.41. The molecule has 2 aromatic rings. The molecule has 0 atom stereocenters. The van der Waals surface area contributed by atoms with Gasteiger partial charge in [-0.1, -0.05) is 39.0 Å². The van der Waals surface area contributed by atoms with Crippen LogP contribution in [0.4, 0.5) is 0 Å². The van der Waals surface area contributed by atoms with E-state index in [0.717, 1.165) is 11.5 Å². The minimum absolute atomic E-state index is 0.0323. The van der Waals surface area contributed by atoms with Crippen molar-refractivity contribution in [1.29, 1.82) is 0 Å². The minimum atomic E-state index is -0.144. The van der Waals surface area contributed by atoms with E-state index in [-0.39, 0.29) is 17.2 Å². The fourth-order valence-corrected chi connectivity index (χ4v) is 4.13. The molecule has 6 heteroatoms. The van der Waals surface area contributed by atoms with Crippen LogP contribution >= 0.6 is 23.1 Å². The Morgan fingerprint density at radius 2 is 1.78 bits per heavy atom. The maximum absolute atomic E-state index is 12.2. The van der Waals surface area contributed by atoms with Gasteiger partial charge in [0.2, 0.25) is 5.91 Å². The lowest BCUT2D eigenvalue weighted by Gasteiger charge is -2.19. The molecular weight excluding hydrogens is 376 g/mol. The topological polar surface area (TPSA) is 58.2 Å². The molecule has 27 heavy (non-hydrogen) atoms. The molecule has 2 N–H and O–H groups in total. The van der Waals surface area contributed by atoms with Gasteiger partial charge in [-0.3, -0.25) is 9.59 Å². The molecule has 0 aliphatic carbocycles. The molecule has 1 heterocycles. The van der Waals surface area contributed by atoms with Crippen molar-refractivity contribution in [2.24, 2.45) is 0 Å². The van der Waals surface area contributed by atoms with Crippen molar-refractivity contribution in [3.63, 3.8) is 0 Å². The number of thioether (sulfide) groups is 1. The number of carbonyl (C=O) groups is 2. The summed E-state index contributed by atoms with van der Waals surface area (Å²) >= 11 is 3.56. The van der Waals surface area contributed by atoms with Crippen LogP contribution < -0.4 is 10.6 Å². The van der Waals surface area contributed by atoms with Crippen LogP contribution in [0.5, 0.6) is 0 Å². The first-order valence-corrected chi connectivity index (χ1v) is 11.2. The lowest BCUT2D eigenvalue weighted by Crippen LogP contribution is -2.31. The maximum Gasteiger partial charge on any atom is 0.251 e. The fourth-order valence-electron chi connectivity index (χ4n) is 2.43. The molecule has 0 fully saturated rings. The summed E-state index contributed by atoms with van der Waals surface area (Å²) in [6.07, 6.45) is 0.293. The molecule has 0 saturated carbocycles. The molecule has 4 nitrogen and oxygen atoms in total. The van der Waals surface area contributed by atoms with E-state index in [0.29, 0.717) is 25.1 Å². The van der Waals surface area contributed by atoms with E-state index >= 15 is 0 Å². The van der Waals surface area contributed by atoms with Gasteiger partial charge in [0.25, 0.3) is 5.91 Å². The molecule has 0 spiro atoms. The van der Waals surface area contributed by atoms with Crippen molar-refractivity contribution in [3.05, 3.63) is 57.8 Å². The van der Waals surface area contributed by atoms with Gasteiger partial charge in [0, 0.05) is 41.5 Å². The zero-order chi connectivity index (χ0) is 19.7. The van der Waals surface area contributed by atoms with Crippen LogP contribution in [0, 0.1) is 0 Å². The Morgan fingerprint density at radius 3 is 2.41 bits per heavy atom. The van der Waals surface area contributed by atoms with Gasteiger partial charge in [-0.25, -0.2) is 0 Å². The van der Waals surface area contributed by atoms with Gasteiger partial charge in [-0.15, -0.1) is 11.3 Å². The Labute approximate surface area is 170 Å². The highest BCUT2D eigenvalue weighted by molar-refractivity contribution is 7.98. The van der Waals surface area contributed by atoms with Gasteiger partial charge in [-0.05, 0) is 34.6 Å². The average molecular weight is 405 g/mol. The van der Waals surface area contributed by atoms with E-state index in [1.807, 2.05) is 36.0 Å². The zero-order valence-electron chi connectivity index (χ0n) is 16.2. The van der Waals surface area contributed by atoms with E-state index in [1.165, 1.54) is 10.4 Å². The largest absolute Gasteiger partial charge is 0.355 e. The average Bonchev–Trinajstić information content (AvgIpc) is 3.14. The summed E-state index contributed by atoms with van der Waals surface area (Å²) in [5.74, 6) is 1.69. The van der Waals surface area contributed by atoms with E-state index in [2.05, 4.69) is 48.9 Å². The summed E-state index contributed by atoms with van der Waals surface area (Å²) in [4.78, 5) is 25.3. The third-order valence-corrected chi connectivity index (χ3v) is 6.11. The van der Waals surface area contributed by atoms with E-state index < -0.39 is 0 Å². The van der Waals surface area contributed by atoms with Gasteiger partial charge >= 0.3 is 0 Å². The van der Waals surface area contributed by atoms with E-state index in [1.54, 1.807) is 11.3 Å². The van der Waals surface area contributed by atoms with Gasteiger partial charge in [-0.2, -0.15) is 11.8 Å². The monoisotopic (exact) mass is 404 g/mol. The van der Waals surface area contributed by atoms with Crippen LogP contribution in [0.3, 0.4) is 0 Å². The van der Waals surface area contributed by atoms with Crippen LogP contribution in [0.2, 0.25) is 0 Å². The molecule has 0 saturated heterocycles. The van der Waals surface area contributed by atoms with Crippen molar-refractivity contribution in [1.82, 2.24) is 10.6 Å². The number of rotatable bonds is 9. The Balaban J connectivity index is 1.59. The van der Waals surface area contributed by atoms with Crippen molar-refractivity contribution >= 4 is 34.9 Å². The highest BCUT2D eigenvalue weighted by Gasteiger charge is 2.14. The van der Waals surface area contributed by atoms with Crippen LogP contribution in [0.25, 0.3) is 0 Å². The molecular formula is C21H28N2O2S2. The molecule has 2 amide bonds. The first kappa shape index (κ1) is 21.5. The molecule has 0 radical (unpaired) electrons. The molecule has 1 aromatic carbocycles. The van der Waals surface area contributed by atoms with Gasteiger partial charge in [0.15, 0.2) is 0 Å². The van der Waals surface area contributed by atoms with Gasteiger partial charge in [0.05, 0.1) is 0 Å². The van der Waals surface area contributed by atoms with Gasteiger partial charge in [0.1, 0.15) is 0 Å². The number of benzene rings is 1. The second kappa shape index (κ2) is 10.5. The summed E-state index contributed by atoms with van der Waals surface area (Å²) in [5, 5.41) is 7.77. The normalized spacial score (nSPS) is 11.2. The van der Waals surface area contributed by atoms with Gasteiger partial charge < -0.3 is 10.6 Å². The third-order valence-electron chi connectivity index (χ3n) is 4.04. The number of hydrogen-bond acceptors (Lipinski definition) is 4. The van der Waals surface area contributed by atoms with Crippen molar-refractivity contribution in [2.75, 3.05) is 18.8 Å². The Bertz CT molecular complexity index is 720. The molecule has 1 aromatic heterocycles. The molecule has 146 valence electrons. The lowest BCUT2D eigenvalue weighted by molar-refractivity contribution is -0.120. The quantitative estimate of drug-likeness (QED) is 0.616. The second-order valence-electron chi connectivity index (χ2n) is 7.32. The van der Waals surface area contributed by atoms with Crippen molar-refractivity contribution in [3.8, 4) is 0 Å². The summed E-state index contributed by atoms with van der Waals surface area (Å²) in [7, 11) is 0. The van der Waals surface area contributed by atoms with Crippen molar-refractivity contribution in [2.45, 2.75) is 38.4 Å². The summed E-state index contributed by atoms with van der Waals surface area (Å²) in [5.41, 5.74) is 1.87. The molecule has 0 bridgehead atoms. The second-order valence-corrected chi connectivity index (χ2v) is 9.45. The molecule has 0 aliphatic rings. The zero-order valence-corrected chi connectivity index (χ0v) is 17.8. The predicted molar refractivity (Wildman–Crippen MR) is 116 cm³/mol. The standard InChI is InChI=1S/C21H28N2O2S2/c1-21(2,3)17-8-6-16(7-9-17)20(25)23-11-10-19(24)22-12-14-26-15-18-5-4-13-27-18/h4-9,13H,10-12,14-15H2,1-3H3,(H,22,24)(H,23,25). The number of hydrogen-bond donors (Lipinski definition) is 2. The lowest BCUT2D eigenvalue weighted by atomic mass is 9.87. The smallest absolute Gasteiger partial charge is 0.251 e. The first-order valence-electron chi connectivity index (χ1n) is 9.12. The summed E-state index contributed by atoms with van der Waals surface area (Å²) < 4.78 is 0. The molecule has 0 aliphatic heterocycles. The van der Waals surface area contributed by atoms with Crippen LogP contribution in [-0.4, -0.2) is 30.7 Å². The SMILES string of the molecule is CC(C)(C)c1ccc(C(=O)NCCC(=O)NCCSCc2cccs2)cc1. The first-order chi connectivity index (χ1) is 12.9. The van der Waals surface area contributed by atoms with Crippen LogP contribution in [0.15, 0.2) is 41.8 Å². The molecule has 2 rings (SSSR count). The predicted octanol–water partition coefficient (Wildman–Crippen LogP) is 4.22. The molecule has 0 unspecified atom stereocenters. The number of carbonyl (C=O) groups excluding carboxylic acids is 2. The number of nitrogens with one attached hydrogen (secondary N) is 2. The maximum atomic E-state index is 12.2. The fraction of sp³-hybridized carbons (Fsp3) is 0.429.